The number of hydrogen-bond donors (Lipinski definition) is 0. The molecule has 18 heavy (non-hydrogen) atoms. The Morgan fingerprint density at radius 2 is 2.17 bits per heavy atom. The monoisotopic (exact) mass is 269 g/mol. The molecular formula is C13H19NO3S. The van der Waals surface area contributed by atoms with Crippen molar-refractivity contribution in [2.75, 3.05) is 13.2 Å². The maximum absolute atomic E-state index is 12.0. The molecule has 3 rings (SSSR count). The minimum atomic E-state index is -0.116. The van der Waals surface area contributed by atoms with Crippen LogP contribution in [0.2, 0.25) is 0 Å². The molecule has 0 bridgehead atoms. The van der Waals surface area contributed by atoms with Gasteiger partial charge in [-0.1, -0.05) is 18.3 Å². The summed E-state index contributed by atoms with van der Waals surface area (Å²) in [6, 6.07) is 0. The van der Waals surface area contributed by atoms with Gasteiger partial charge in [-0.25, -0.2) is 0 Å². The van der Waals surface area contributed by atoms with Gasteiger partial charge in [-0.05, 0) is 25.2 Å². The van der Waals surface area contributed by atoms with Gasteiger partial charge in [-0.15, -0.1) is 0 Å². The van der Waals surface area contributed by atoms with Crippen LogP contribution in [0.1, 0.15) is 30.3 Å². The summed E-state index contributed by atoms with van der Waals surface area (Å²) in [6.45, 7) is 4.35. The minimum absolute atomic E-state index is 0.116. The standard InChI is InChI=1S/C13H19NO3S/c1-9-2-3-10-11(8-9)18-13(15)14(10)5-4-12-16-6-7-17-12/h9,12H,2-8H2,1H3. The molecule has 4 nitrogen and oxygen atoms in total. The average Bonchev–Trinajstić information content (AvgIpc) is 2.93. The molecule has 1 aromatic rings. The summed E-state index contributed by atoms with van der Waals surface area (Å²) in [6.07, 6.45) is 3.97. The van der Waals surface area contributed by atoms with E-state index >= 15 is 0 Å². The first-order chi connectivity index (χ1) is 8.74. The third-order valence-corrected chi connectivity index (χ3v) is 4.81. The summed E-state index contributed by atoms with van der Waals surface area (Å²) >= 11 is 1.43. The van der Waals surface area contributed by atoms with Crippen LogP contribution in [0.15, 0.2) is 4.79 Å². The van der Waals surface area contributed by atoms with Crippen LogP contribution in [0.3, 0.4) is 0 Å². The van der Waals surface area contributed by atoms with E-state index in [1.54, 1.807) is 0 Å². The lowest BCUT2D eigenvalue weighted by Crippen LogP contribution is -2.22. The molecule has 1 atom stereocenters. The summed E-state index contributed by atoms with van der Waals surface area (Å²) in [5.74, 6) is 0.713. The van der Waals surface area contributed by atoms with E-state index in [4.69, 9.17) is 9.47 Å². The highest BCUT2D eigenvalue weighted by molar-refractivity contribution is 7.09. The zero-order chi connectivity index (χ0) is 12.5. The Labute approximate surface area is 111 Å². The largest absolute Gasteiger partial charge is 0.350 e. The van der Waals surface area contributed by atoms with Gasteiger partial charge in [-0.2, -0.15) is 0 Å². The van der Waals surface area contributed by atoms with Crippen molar-refractivity contribution in [2.45, 2.75) is 45.4 Å². The number of nitrogens with zero attached hydrogens (tertiary/aromatic N) is 1. The number of aromatic nitrogens is 1. The van der Waals surface area contributed by atoms with Crippen molar-refractivity contribution in [2.24, 2.45) is 5.92 Å². The number of hydrogen-bond acceptors (Lipinski definition) is 4. The molecule has 0 aromatic carbocycles. The molecule has 1 aliphatic carbocycles. The molecule has 1 saturated heterocycles. The van der Waals surface area contributed by atoms with Crippen molar-refractivity contribution < 1.29 is 9.47 Å². The van der Waals surface area contributed by atoms with Gasteiger partial charge >= 0.3 is 4.87 Å². The van der Waals surface area contributed by atoms with Crippen molar-refractivity contribution in [3.05, 3.63) is 20.2 Å². The number of ether oxygens (including phenoxy) is 2. The molecule has 0 saturated carbocycles. The van der Waals surface area contributed by atoms with E-state index in [-0.39, 0.29) is 11.2 Å². The Hall–Kier alpha value is -0.650. The minimum Gasteiger partial charge on any atom is -0.350 e. The second-order valence-corrected chi connectivity index (χ2v) is 6.24. The maximum atomic E-state index is 12.0. The summed E-state index contributed by atoms with van der Waals surface area (Å²) in [5.41, 5.74) is 1.26. The molecule has 1 aliphatic heterocycles. The van der Waals surface area contributed by atoms with E-state index in [9.17, 15) is 4.79 Å². The van der Waals surface area contributed by atoms with Gasteiger partial charge in [0.25, 0.3) is 0 Å². The predicted molar refractivity (Wildman–Crippen MR) is 70.1 cm³/mol. The van der Waals surface area contributed by atoms with Crippen molar-refractivity contribution in [3.8, 4) is 0 Å². The summed E-state index contributed by atoms with van der Waals surface area (Å²) in [5, 5.41) is 0. The highest BCUT2D eigenvalue weighted by Crippen LogP contribution is 2.27. The fourth-order valence-corrected chi connectivity index (χ4v) is 3.97. The Morgan fingerprint density at radius 3 is 2.94 bits per heavy atom. The lowest BCUT2D eigenvalue weighted by atomic mass is 9.93. The van der Waals surface area contributed by atoms with Gasteiger partial charge in [0.05, 0.1) is 13.2 Å². The van der Waals surface area contributed by atoms with E-state index in [1.165, 1.54) is 28.3 Å². The van der Waals surface area contributed by atoms with Gasteiger partial charge < -0.3 is 14.0 Å². The van der Waals surface area contributed by atoms with Gasteiger partial charge in [0, 0.05) is 23.5 Å². The van der Waals surface area contributed by atoms with Crippen LogP contribution in [-0.4, -0.2) is 24.1 Å². The topological polar surface area (TPSA) is 40.5 Å². The fraction of sp³-hybridized carbons (Fsp3) is 0.769. The molecule has 0 spiro atoms. The van der Waals surface area contributed by atoms with E-state index in [1.807, 2.05) is 4.57 Å². The van der Waals surface area contributed by atoms with E-state index < -0.39 is 0 Å². The van der Waals surface area contributed by atoms with E-state index in [2.05, 4.69) is 6.92 Å². The third-order valence-electron chi connectivity index (χ3n) is 3.77. The normalized spacial score (nSPS) is 24.4. The Morgan fingerprint density at radius 1 is 1.39 bits per heavy atom. The molecule has 2 aliphatic rings. The summed E-state index contributed by atoms with van der Waals surface area (Å²) < 4.78 is 12.8. The van der Waals surface area contributed by atoms with Crippen molar-refractivity contribution in [1.82, 2.24) is 4.57 Å². The SMILES string of the molecule is CC1CCc2c(sc(=O)n2CCC2OCCO2)C1. The van der Waals surface area contributed by atoms with Gasteiger partial charge in [0.1, 0.15) is 0 Å². The predicted octanol–water partition coefficient (Wildman–Crippen LogP) is 1.80. The first-order valence-corrected chi connectivity index (χ1v) is 7.50. The first-order valence-electron chi connectivity index (χ1n) is 6.68. The van der Waals surface area contributed by atoms with Gasteiger partial charge in [0.15, 0.2) is 6.29 Å². The maximum Gasteiger partial charge on any atom is 0.307 e. The number of thiazole rings is 1. The van der Waals surface area contributed by atoms with E-state index in [0.717, 1.165) is 25.8 Å². The highest BCUT2D eigenvalue weighted by atomic mass is 32.1. The lowest BCUT2D eigenvalue weighted by Gasteiger charge is -2.19. The first kappa shape index (κ1) is 12.4. The number of rotatable bonds is 3. The molecule has 1 unspecified atom stereocenters. The van der Waals surface area contributed by atoms with Crippen molar-refractivity contribution in [3.63, 3.8) is 0 Å². The lowest BCUT2D eigenvalue weighted by molar-refractivity contribution is -0.0492. The average molecular weight is 269 g/mol. The van der Waals surface area contributed by atoms with Crippen molar-refractivity contribution >= 4 is 11.3 Å². The highest BCUT2D eigenvalue weighted by Gasteiger charge is 2.23. The third kappa shape index (κ3) is 2.39. The number of fused-ring (bicyclic) bond motifs is 1. The Balaban J connectivity index is 1.73. The Bertz CT molecular complexity index is 473. The molecule has 1 aromatic heterocycles. The van der Waals surface area contributed by atoms with Crippen LogP contribution in [0.5, 0.6) is 0 Å². The molecule has 100 valence electrons. The van der Waals surface area contributed by atoms with Crippen molar-refractivity contribution in [1.29, 1.82) is 0 Å². The Kier molecular flexibility index (Phi) is 3.54. The molecule has 0 radical (unpaired) electrons. The molecule has 1 fully saturated rings. The quantitative estimate of drug-likeness (QED) is 0.840. The smallest absolute Gasteiger partial charge is 0.307 e. The van der Waals surface area contributed by atoms with Gasteiger partial charge in [0.2, 0.25) is 0 Å². The fourth-order valence-electron chi connectivity index (χ4n) is 2.75. The second kappa shape index (κ2) is 5.15. The van der Waals surface area contributed by atoms with Crippen LogP contribution < -0.4 is 4.87 Å². The van der Waals surface area contributed by atoms with Gasteiger partial charge in [-0.3, -0.25) is 4.79 Å². The molecule has 0 amide bonds. The van der Waals surface area contributed by atoms with E-state index in [0.29, 0.717) is 19.1 Å². The summed E-state index contributed by atoms with van der Waals surface area (Å²) in [7, 11) is 0. The molecular weight excluding hydrogens is 250 g/mol. The zero-order valence-corrected chi connectivity index (χ0v) is 11.5. The van der Waals surface area contributed by atoms with Crippen LogP contribution >= 0.6 is 11.3 Å². The molecule has 2 heterocycles. The van der Waals surface area contributed by atoms with Crippen LogP contribution in [0.25, 0.3) is 0 Å². The second-order valence-electron chi connectivity index (χ2n) is 5.20. The molecule has 0 N–H and O–H groups in total. The molecule has 5 heteroatoms. The van der Waals surface area contributed by atoms with Crippen LogP contribution in [0.4, 0.5) is 0 Å². The van der Waals surface area contributed by atoms with Crippen LogP contribution in [-0.2, 0) is 28.9 Å². The summed E-state index contributed by atoms with van der Waals surface area (Å²) in [4.78, 5) is 13.5. The zero-order valence-electron chi connectivity index (χ0n) is 10.7. The van der Waals surface area contributed by atoms with Crippen LogP contribution in [0, 0.1) is 5.92 Å².